The van der Waals surface area contributed by atoms with Gasteiger partial charge in [0.2, 0.25) is 0 Å². The summed E-state index contributed by atoms with van der Waals surface area (Å²) >= 11 is 0. The van der Waals surface area contributed by atoms with Gasteiger partial charge in [0.1, 0.15) is 43.5 Å². The summed E-state index contributed by atoms with van der Waals surface area (Å²) in [4.78, 5) is 18.5. The number of nitrogens with one attached hydrogen (secondary N) is 2. The lowest BCUT2D eigenvalue weighted by atomic mass is 10.1. The third-order valence-corrected chi connectivity index (χ3v) is 3.69. The van der Waals surface area contributed by atoms with Gasteiger partial charge in [-0.25, -0.2) is 9.88 Å². The second kappa shape index (κ2) is 5.37. The molecule has 1 aromatic rings. The Morgan fingerprint density at radius 2 is 2.11 bits per heavy atom. The molecule has 0 saturated carbocycles. The summed E-state index contributed by atoms with van der Waals surface area (Å²) in [5.74, 6) is 0.831. The molecule has 0 amide bonds. The summed E-state index contributed by atoms with van der Waals surface area (Å²) in [6, 6.07) is 3.90. The Hall–Kier alpha value is -1.93. The van der Waals surface area contributed by atoms with Gasteiger partial charge in [-0.2, -0.15) is 5.26 Å². The van der Waals surface area contributed by atoms with Crippen LogP contribution in [0.1, 0.15) is 28.5 Å². The SMILES string of the molecule is CC(=O)c1cc(C#N)c(N2CC[NH+](C)CC2)[nH+]c1C. The van der Waals surface area contributed by atoms with Crippen LogP contribution in [0, 0.1) is 18.3 Å². The molecule has 1 aliphatic heterocycles. The Balaban J connectivity index is 2.38. The highest BCUT2D eigenvalue weighted by atomic mass is 16.1. The van der Waals surface area contributed by atoms with Crippen LogP contribution in [0.3, 0.4) is 0 Å². The molecule has 100 valence electrons. The molecule has 2 heterocycles. The fourth-order valence-corrected chi connectivity index (χ4v) is 2.45. The average Bonchev–Trinajstić information content (AvgIpc) is 2.39. The summed E-state index contributed by atoms with van der Waals surface area (Å²) in [7, 11) is 2.18. The molecule has 1 saturated heterocycles. The molecule has 0 aliphatic carbocycles. The van der Waals surface area contributed by atoms with E-state index < -0.39 is 0 Å². The van der Waals surface area contributed by atoms with Crippen molar-refractivity contribution in [1.29, 1.82) is 5.26 Å². The highest BCUT2D eigenvalue weighted by Gasteiger charge is 2.28. The van der Waals surface area contributed by atoms with Gasteiger partial charge in [0.05, 0.1) is 12.6 Å². The standard InChI is InChI=1S/C14H18N4O/c1-10-13(11(2)19)8-12(9-15)14(16-10)18-6-4-17(3)5-7-18/h8H,4-7H2,1-3H3/p+2. The number of aromatic nitrogens is 1. The number of aryl methyl sites for hydroxylation is 1. The first-order valence-electron chi connectivity index (χ1n) is 6.57. The number of nitriles is 1. The molecule has 2 rings (SSSR count). The first kappa shape index (κ1) is 13.5. The summed E-state index contributed by atoms with van der Waals surface area (Å²) in [6.45, 7) is 7.38. The van der Waals surface area contributed by atoms with E-state index >= 15 is 0 Å². The number of hydrogen-bond acceptors (Lipinski definition) is 3. The number of carbonyl (C=O) groups excluding carboxylic acids is 1. The number of ketones is 1. The molecule has 0 aromatic carbocycles. The number of rotatable bonds is 2. The number of pyridine rings is 1. The van der Waals surface area contributed by atoms with Crippen LogP contribution in [0.2, 0.25) is 0 Å². The lowest BCUT2D eigenvalue weighted by molar-refractivity contribution is -0.880. The number of piperazine rings is 1. The van der Waals surface area contributed by atoms with Crippen LogP contribution in [0.15, 0.2) is 6.07 Å². The number of likely N-dealkylation sites (N-methyl/N-ethyl adjacent to an activating group) is 1. The molecule has 5 nitrogen and oxygen atoms in total. The number of hydrogen-bond donors (Lipinski definition) is 1. The zero-order chi connectivity index (χ0) is 14.0. The maximum Gasteiger partial charge on any atom is 0.293 e. The zero-order valence-electron chi connectivity index (χ0n) is 11.7. The lowest BCUT2D eigenvalue weighted by Gasteiger charge is -2.26. The normalized spacial score (nSPS) is 16.2. The molecule has 1 aromatic heterocycles. The van der Waals surface area contributed by atoms with Crippen LogP contribution in [-0.2, 0) is 0 Å². The van der Waals surface area contributed by atoms with Gasteiger partial charge in [0, 0.05) is 0 Å². The van der Waals surface area contributed by atoms with E-state index in [-0.39, 0.29) is 5.78 Å². The molecular formula is C14H20N4O+2. The Kier molecular flexibility index (Phi) is 3.82. The Morgan fingerprint density at radius 3 is 2.63 bits per heavy atom. The molecule has 1 aliphatic rings. The largest absolute Gasteiger partial charge is 0.331 e. The van der Waals surface area contributed by atoms with Crippen molar-refractivity contribution in [3.63, 3.8) is 0 Å². The van der Waals surface area contributed by atoms with Gasteiger partial charge in [-0.05, 0) is 19.9 Å². The molecule has 19 heavy (non-hydrogen) atoms. The fraction of sp³-hybridized carbons (Fsp3) is 0.500. The fourth-order valence-electron chi connectivity index (χ4n) is 2.45. The third kappa shape index (κ3) is 2.74. The van der Waals surface area contributed by atoms with Gasteiger partial charge in [-0.3, -0.25) is 4.79 Å². The van der Waals surface area contributed by atoms with E-state index in [9.17, 15) is 10.1 Å². The highest BCUT2D eigenvalue weighted by Crippen LogP contribution is 2.17. The number of carbonyl (C=O) groups is 1. The van der Waals surface area contributed by atoms with Crippen molar-refractivity contribution in [3.05, 3.63) is 22.9 Å². The number of aromatic amines is 1. The van der Waals surface area contributed by atoms with Crippen molar-refractivity contribution < 1.29 is 14.7 Å². The molecular weight excluding hydrogens is 240 g/mol. The minimum absolute atomic E-state index is 0.0142. The molecule has 0 spiro atoms. The maximum absolute atomic E-state index is 11.5. The van der Waals surface area contributed by atoms with Crippen LogP contribution in [0.5, 0.6) is 0 Å². The van der Waals surface area contributed by atoms with Crippen LogP contribution >= 0.6 is 0 Å². The maximum atomic E-state index is 11.5. The van der Waals surface area contributed by atoms with Gasteiger partial charge in [0.15, 0.2) is 5.78 Å². The number of anilines is 1. The minimum Gasteiger partial charge on any atom is -0.331 e. The lowest BCUT2D eigenvalue weighted by Crippen LogP contribution is -3.12. The van der Waals surface area contributed by atoms with Gasteiger partial charge in [-0.1, -0.05) is 0 Å². The summed E-state index contributed by atoms with van der Waals surface area (Å²) in [5, 5.41) is 9.29. The van der Waals surface area contributed by atoms with Crippen molar-refractivity contribution in [2.45, 2.75) is 13.8 Å². The van der Waals surface area contributed by atoms with Crippen molar-refractivity contribution in [2.75, 3.05) is 38.1 Å². The van der Waals surface area contributed by atoms with Gasteiger partial charge in [-0.15, -0.1) is 0 Å². The molecule has 0 bridgehead atoms. The van der Waals surface area contributed by atoms with E-state index in [1.807, 2.05) is 6.92 Å². The van der Waals surface area contributed by atoms with Crippen molar-refractivity contribution in [2.24, 2.45) is 0 Å². The summed E-state index contributed by atoms with van der Waals surface area (Å²) in [5.41, 5.74) is 1.98. The zero-order valence-corrected chi connectivity index (χ0v) is 11.7. The third-order valence-electron chi connectivity index (χ3n) is 3.69. The predicted molar refractivity (Wildman–Crippen MR) is 71.3 cm³/mol. The summed E-state index contributed by atoms with van der Waals surface area (Å²) in [6.07, 6.45) is 0. The van der Waals surface area contributed by atoms with Crippen molar-refractivity contribution in [3.8, 4) is 6.07 Å². The van der Waals surface area contributed by atoms with Crippen LogP contribution in [-0.4, -0.2) is 39.0 Å². The highest BCUT2D eigenvalue weighted by molar-refractivity contribution is 5.95. The number of H-pyrrole nitrogens is 1. The van der Waals surface area contributed by atoms with E-state index in [2.05, 4.69) is 23.0 Å². The average molecular weight is 260 g/mol. The van der Waals surface area contributed by atoms with E-state index in [0.717, 1.165) is 37.7 Å². The van der Waals surface area contributed by atoms with E-state index in [4.69, 9.17) is 0 Å². The molecule has 2 N–H and O–H groups in total. The minimum atomic E-state index is -0.0142. The smallest absolute Gasteiger partial charge is 0.293 e. The predicted octanol–water partition coefficient (Wildman–Crippen LogP) is -0.782. The monoisotopic (exact) mass is 260 g/mol. The summed E-state index contributed by atoms with van der Waals surface area (Å²) < 4.78 is 0. The van der Waals surface area contributed by atoms with Crippen molar-refractivity contribution >= 4 is 11.6 Å². The Labute approximate surface area is 113 Å². The van der Waals surface area contributed by atoms with Gasteiger partial charge in [0.25, 0.3) is 5.82 Å². The van der Waals surface area contributed by atoms with Gasteiger partial charge >= 0.3 is 0 Å². The molecule has 0 radical (unpaired) electrons. The molecule has 5 heteroatoms. The van der Waals surface area contributed by atoms with Crippen LogP contribution < -0.4 is 14.8 Å². The quantitative estimate of drug-likeness (QED) is 0.710. The van der Waals surface area contributed by atoms with Gasteiger partial charge < -0.3 is 4.90 Å². The van der Waals surface area contributed by atoms with Crippen LogP contribution in [0.4, 0.5) is 5.82 Å². The Morgan fingerprint density at radius 1 is 1.47 bits per heavy atom. The second-order valence-electron chi connectivity index (χ2n) is 5.18. The second-order valence-corrected chi connectivity index (χ2v) is 5.18. The molecule has 1 fully saturated rings. The first-order valence-corrected chi connectivity index (χ1v) is 6.57. The first-order chi connectivity index (χ1) is 9.02. The Bertz CT molecular complexity index is 539. The number of quaternary nitrogens is 1. The molecule has 0 atom stereocenters. The van der Waals surface area contributed by atoms with E-state index in [0.29, 0.717) is 11.1 Å². The number of Topliss-reactive ketones (excluding diaryl/α,β-unsaturated/α-hetero) is 1. The number of nitrogens with zero attached hydrogens (tertiary/aromatic N) is 2. The van der Waals surface area contributed by atoms with E-state index in [1.54, 1.807) is 6.07 Å². The van der Waals surface area contributed by atoms with Crippen molar-refractivity contribution in [1.82, 2.24) is 0 Å². The molecule has 0 unspecified atom stereocenters. The van der Waals surface area contributed by atoms with E-state index in [1.165, 1.54) is 11.8 Å². The topological polar surface area (TPSA) is 62.7 Å². The van der Waals surface area contributed by atoms with Crippen LogP contribution in [0.25, 0.3) is 0 Å².